The monoisotopic (exact) mass is 180 g/mol. The minimum Gasteiger partial charge on any atom is -0.481 e. The third kappa shape index (κ3) is 1.93. The SMILES string of the molecule is O=C(O)CC[C@H]1C[C@H]2C=C[C@H]1CC2. The van der Waals surface area contributed by atoms with Crippen molar-refractivity contribution >= 4 is 5.97 Å². The minimum atomic E-state index is -0.648. The lowest BCUT2D eigenvalue weighted by Crippen LogP contribution is -2.27. The quantitative estimate of drug-likeness (QED) is 0.677. The Morgan fingerprint density at radius 3 is 2.69 bits per heavy atom. The first-order valence-electron chi connectivity index (χ1n) is 5.16. The summed E-state index contributed by atoms with van der Waals surface area (Å²) in [4.78, 5) is 10.4. The molecule has 0 saturated heterocycles. The highest BCUT2D eigenvalue weighted by Crippen LogP contribution is 2.42. The zero-order chi connectivity index (χ0) is 9.26. The van der Waals surface area contributed by atoms with Gasteiger partial charge in [0.05, 0.1) is 0 Å². The summed E-state index contributed by atoms with van der Waals surface area (Å²) >= 11 is 0. The zero-order valence-electron chi connectivity index (χ0n) is 7.78. The maximum atomic E-state index is 10.4. The van der Waals surface area contributed by atoms with Gasteiger partial charge in [0.1, 0.15) is 0 Å². The van der Waals surface area contributed by atoms with E-state index < -0.39 is 5.97 Å². The summed E-state index contributed by atoms with van der Waals surface area (Å²) in [7, 11) is 0. The van der Waals surface area contributed by atoms with Gasteiger partial charge in [-0.2, -0.15) is 0 Å². The molecule has 72 valence electrons. The van der Waals surface area contributed by atoms with Gasteiger partial charge in [0.25, 0.3) is 0 Å². The molecule has 0 aromatic heterocycles. The van der Waals surface area contributed by atoms with Crippen LogP contribution in [0.25, 0.3) is 0 Å². The molecule has 3 aliphatic carbocycles. The molecule has 2 nitrogen and oxygen atoms in total. The van der Waals surface area contributed by atoms with Crippen molar-refractivity contribution < 1.29 is 9.90 Å². The fourth-order valence-electron chi connectivity index (χ4n) is 2.69. The lowest BCUT2D eigenvalue weighted by molar-refractivity contribution is -0.137. The van der Waals surface area contributed by atoms with E-state index in [1.807, 2.05) is 0 Å². The number of hydrogen-bond acceptors (Lipinski definition) is 1. The molecule has 0 unspecified atom stereocenters. The predicted molar refractivity (Wildman–Crippen MR) is 50.3 cm³/mol. The Hall–Kier alpha value is -0.790. The molecule has 1 fully saturated rings. The normalized spacial score (nSPS) is 36.5. The molecule has 0 amide bonds. The number of carboxylic acids is 1. The number of hydrogen-bond donors (Lipinski definition) is 1. The summed E-state index contributed by atoms with van der Waals surface area (Å²) in [6.45, 7) is 0. The van der Waals surface area contributed by atoms with Crippen molar-refractivity contribution in [1.82, 2.24) is 0 Å². The smallest absolute Gasteiger partial charge is 0.303 e. The van der Waals surface area contributed by atoms with E-state index in [9.17, 15) is 4.79 Å². The van der Waals surface area contributed by atoms with Crippen LogP contribution >= 0.6 is 0 Å². The van der Waals surface area contributed by atoms with Crippen molar-refractivity contribution in [1.29, 1.82) is 0 Å². The molecule has 3 rings (SSSR count). The first kappa shape index (κ1) is 8.79. The molecule has 0 aliphatic heterocycles. The second kappa shape index (κ2) is 3.52. The highest BCUT2D eigenvalue weighted by atomic mass is 16.4. The van der Waals surface area contributed by atoms with Crippen LogP contribution in [0.15, 0.2) is 12.2 Å². The summed E-state index contributed by atoms with van der Waals surface area (Å²) in [5, 5.41) is 8.60. The first-order chi connectivity index (χ1) is 6.25. The number of rotatable bonds is 3. The van der Waals surface area contributed by atoms with Crippen LogP contribution in [0, 0.1) is 17.8 Å². The van der Waals surface area contributed by atoms with Crippen LogP contribution in [0.3, 0.4) is 0 Å². The van der Waals surface area contributed by atoms with E-state index >= 15 is 0 Å². The summed E-state index contributed by atoms with van der Waals surface area (Å²) in [5.74, 6) is 1.44. The standard InChI is InChI=1S/C11H16O2/c12-11(13)6-5-10-7-8-1-3-9(10)4-2-8/h1,3,8-10H,2,4-7H2,(H,12,13)/t8-,9-,10-/m0/s1. The molecule has 13 heavy (non-hydrogen) atoms. The fourth-order valence-corrected chi connectivity index (χ4v) is 2.69. The van der Waals surface area contributed by atoms with Crippen LogP contribution in [-0.4, -0.2) is 11.1 Å². The predicted octanol–water partition coefficient (Wildman–Crippen LogP) is 2.45. The second-order valence-electron chi connectivity index (χ2n) is 4.31. The molecule has 2 heteroatoms. The van der Waals surface area contributed by atoms with Crippen LogP contribution < -0.4 is 0 Å². The molecule has 0 radical (unpaired) electrons. The molecule has 0 aromatic carbocycles. The average molecular weight is 180 g/mol. The Morgan fingerprint density at radius 2 is 2.23 bits per heavy atom. The summed E-state index contributed by atoms with van der Waals surface area (Å²) in [6, 6.07) is 0. The average Bonchev–Trinajstić information content (AvgIpc) is 2.17. The fraction of sp³-hybridized carbons (Fsp3) is 0.727. The van der Waals surface area contributed by atoms with Crippen molar-refractivity contribution in [3.8, 4) is 0 Å². The summed E-state index contributed by atoms with van der Waals surface area (Å²) in [5.41, 5.74) is 0. The molecular formula is C11H16O2. The molecule has 2 bridgehead atoms. The Bertz CT molecular complexity index is 232. The van der Waals surface area contributed by atoms with Gasteiger partial charge in [-0.05, 0) is 43.4 Å². The Kier molecular flexibility index (Phi) is 2.38. The Labute approximate surface area is 78.6 Å². The molecule has 1 N–H and O–H groups in total. The highest BCUT2D eigenvalue weighted by Gasteiger charge is 2.31. The Balaban J connectivity index is 1.88. The minimum absolute atomic E-state index is 0.349. The molecule has 3 atom stereocenters. The van der Waals surface area contributed by atoms with E-state index in [1.54, 1.807) is 0 Å². The highest BCUT2D eigenvalue weighted by molar-refractivity contribution is 5.66. The zero-order valence-corrected chi connectivity index (χ0v) is 7.78. The van der Waals surface area contributed by atoms with E-state index in [0.717, 1.165) is 12.3 Å². The number of aliphatic carboxylic acids is 1. The number of allylic oxidation sites excluding steroid dienone is 2. The first-order valence-corrected chi connectivity index (χ1v) is 5.16. The van der Waals surface area contributed by atoms with Gasteiger partial charge in [-0.3, -0.25) is 4.79 Å². The van der Waals surface area contributed by atoms with Gasteiger partial charge >= 0.3 is 5.97 Å². The van der Waals surface area contributed by atoms with Gasteiger partial charge in [-0.1, -0.05) is 12.2 Å². The van der Waals surface area contributed by atoms with E-state index in [4.69, 9.17) is 5.11 Å². The molecular weight excluding hydrogens is 164 g/mol. The molecule has 0 heterocycles. The van der Waals surface area contributed by atoms with E-state index in [2.05, 4.69) is 12.2 Å². The molecule has 0 aromatic rings. The third-order valence-corrected chi connectivity index (χ3v) is 3.44. The molecule has 3 aliphatic rings. The van der Waals surface area contributed by atoms with Gasteiger partial charge < -0.3 is 5.11 Å². The van der Waals surface area contributed by atoms with Crippen molar-refractivity contribution in [3.05, 3.63) is 12.2 Å². The second-order valence-corrected chi connectivity index (χ2v) is 4.31. The van der Waals surface area contributed by atoms with Crippen molar-refractivity contribution in [2.24, 2.45) is 17.8 Å². The summed E-state index contributed by atoms with van der Waals surface area (Å²) < 4.78 is 0. The number of fused-ring (bicyclic) bond motifs is 2. The van der Waals surface area contributed by atoms with Gasteiger partial charge in [-0.15, -0.1) is 0 Å². The van der Waals surface area contributed by atoms with Crippen molar-refractivity contribution in [2.75, 3.05) is 0 Å². The lowest BCUT2D eigenvalue weighted by Gasteiger charge is -2.37. The van der Waals surface area contributed by atoms with E-state index in [1.165, 1.54) is 19.3 Å². The van der Waals surface area contributed by atoms with Crippen LogP contribution in [0.4, 0.5) is 0 Å². The molecule has 0 spiro atoms. The van der Waals surface area contributed by atoms with Crippen LogP contribution in [-0.2, 0) is 4.79 Å². The lowest BCUT2D eigenvalue weighted by atomic mass is 9.68. The van der Waals surface area contributed by atoms with Gasteiger partial charge in [-0.25, -0.2) is 0 Å². The van der Waals surface area contributed by atoms with E-state index in [0.29, 0.717) is 18.3 Å². The van der Waals surface area contributed by atoms with Gasteiger partial charge in [0.2, 0.25) is 0 Å². The van der Waals surface area contributed by atoms with Gasteiger partial charge in [0.15, 0.2) is 0 Å². The van der Waals surface area contributed by atoms with Crippen molar-refractivity contribution in [3.63, 3.8) is 0 Å². The topological polar surface area (TPSA) is 37.3 Å². The Morgan fingerprint density at radius 1 is 1.38 bits per heavy atom. The molecule has 1 saturated carbocycles. The third-order valence-electron chi connectivity index (χ3n) is 3.44. The maximum absolute atomic E-state index is 10.4. The largest absolute Gasteiger partial charge is 0.481 e. The van der Waals surface area contributed by atoms with Crippen molar-refractivity contribution in [2.45, 2.75) is 32.1 Å². The van der Waals surface area contributed by atoms with Crippen LogP contribution in [0.2, 0.25) is 0 Å². The summed E-state index contributed by atoms with van der Waals surface area (Å²) in [6.07, 6.45) is 9.70. The van der Waals surface area contributed by atoms with Crippen LogP contribution in [0.1, 0.15) is 32.1 Å². The number of carbonyl (C=O) groups is 1. The van der Waals surface area contributed by atoms with Gasteiger partial charge in [0, 0.05) is 6.42 Å². The van der Waals surface area contributed by atoms with E-state index in [-0.39, 0.29) is 0 Å². The maximum Gasteiger partial charge on any atom is 0.303 e. The van der Waals surface area contributed by atoms with Crippen LogP contribution in [0.5, 0.6) is 0 Å². The number of carboxylic acid groups (broad SMARTS) is 1.